The molecule has 194 valence electrons. The van der Waals surface area contributed by atoms with Crippen molar-refractivity contribution < 1.29 is 19.0 Å². The van der Waals surface area contributed by atoms with Gasteiger partial charge in [-0.1, -0.05) is 35.3 Å². The van der Waals surface area contributed by atoms with Crippen LogP contribution in [0.1, 0.15) is 24.0 Å². The Labute approximate surface area is 224 Å². The Hall–Kier alpha value is -1.70. The normalized spacial score (nSPS) is 16.4. The molecule has 9 heteroatoms. The molecule has 2 aromatic carbocycles. The monoisotopic (exact) mass is 544 g/mol. The van der Waals surface area contributed by atoms with Gasteiger partial charge in [-0.15, -0.1) is 12.4 Å². The number of nitrogens with two attached hydrogens (primary N) is 1. The third-order valence-electron chi connectivity index (χ3n) is 6.01. The van der Waals surface area contributed by atoms with Gasteiger partial charge in [-0.2, -0.15) is 0 Å². The zero-order chi connectivity index (χ0) is 24.5. The topological polar surface area (TPSA) is 74.0 Å². The zero-order valence-electron chi connectivity index (χ0n) is 20.3. The van der Waals surface area contributed by atoms with Crippen LogP contribution in [0.2, 0.25) is 10.0 Å². The first-order chi connectivity index (χ1) is 16.4. The first kappa shape index (κ1) is 29.5. The van der Waals surface area contributed by atoms with E-state index in [4.69, 9.17) is 43.1 Å². The Morgan fingerprint density at radius 2 is 1.80 bits per heavy atom. The SMILES string of the molecule is COCC1CCCN(C(=O)C(CN)Cc2ccc(OCCOc3c(Cl)cc(C)cc3Cl)cc2)C1.Cl. The van der Waals surface area contributed by atoms with E-state index in [0.29, 0.717) is 54.5 Å². The van der Waals surface area contributed by atoms with Gasteiger partial charge in [0, 0.05) is 26.7 Å². The summed E-state index contributed by atoms with van der Waals surface area (Å²) >= 11 is 12.4. The highest BCUT2D eigenvalue weighted by Crippen LogP contribution is 2.34. The molecule has 1 saturated heterocycles. The summed E-state index contributed by atoms with van der Waals surface area (Å²) in [4.78, 5) is 15.0. The van der Waals surface area contributed by atoms with Crippen molar-refractivity contribution in [2.75, 3.05) is 46.6 Å². The first-order valence-corrected chi connectivity index (χ1v) is 12.4. The molecule has 1 aliphatic rings. The molecule has 2 aromatic rings. The summed E-state index contributed by atoms with van der Waals surface area (Å²) in [5, 5.41) is 0.967. The number of likely N-dealkylation sites (tertiary alicyclic amines) is 1. The minimum atomic E-state index is -0.231. The van der Waals surface area contributed by atoms with E-state index >= 15 is 0 Å². The van der Waals surface area contributed by atoms with Crippen molar-refractivity contribution in [3.63, 3.8) is 0 Å². The van der Waals surface area contributed by atoms with E-state index in [1.54, 1.807) is 7.11 Å². The van der Waals surface area contributed by atoms with Crippen molar-refractivity contribution in [1.29, 1.82) is 0 Å². The summed E-state index contributed by atoms with van der Waals surface area (Å²) in [6, 6.07) is 11.4. The molecular weight excluding hydrogens is 511 g/mol. The van der Waals surface area contributed by atoms with E-state index in [1.807, 2.05) is 48.2 Å². The van der Waals surface area contributed by atoms with Crippen LogP contribution < -0.4 is 15.2 Å². The lowest BCUT2D eigenvalue weighted by Gasteiger charge is -2.34. The lowest BCUT2D eigenvalue weighted by Crippen LogP contribution is -2.46. The molecule has 1 aliphatic heterocycles. The van der Waals surface area contributed by atoms with E-state index < -0.39 is 0 Å². The highest BCUT2D eigenvalue weighted by Gasteiger charge is 2.28. The number of nitrogens with zero attached hydrogens (tertiary/aromatic N) is 1. The van der Waals surface area contributed by atoms with Crippen LogP contribution in [0.25, 0.3) is 0 Å². The predicted octanol–water partition coefficient (Wildman–Crippen LogP) is 5.18. The molecule has 1 amide bonds. The maximum absolute atomic E-state index is 13.1. The summed E-state index contributed by atoms with van der Waals surface area (Å²) in [6.07, 6.45) is 2.71. The molecule has 2 unspecified atom stereocenters. The van der Waals surface area contributed by atoms with E-state index in [0.717, 1.165) is 42.8 Å². The molecule has 2 N–H and O–H groups in total. The van der Waals surface area contributed by atoms with E-state index in [9.17, 15) is 4.79 Å². The molecule has 6 nitrogen and oxygen atoms in total. The van der Waals surface area contributed by atoms with Gasteiger partial charge in [0.25, 0.3) is 0 Å². The Morgan fingerprint density at radius 1 is 1.14 bits per heavy atom. The van der Waals surface area contributed by atoms with Crippen LogP contribution >= 0.6 is 35.6 Å². The van der Waals surface area contributed by atoms with Crippen molar-refractivity contribution in [3.05, 3.63) is 57.6 Å². The van der Waals surface area contributed by atoms with E-state index in [-0.39, 0.29) is 24.2 Å². The van der Waals surface area contributed by atoms with Gasteiger partial charge in [0.05, 0.1) is 22.6 Å². The summed E-state index contributed by atoms with van der Waals surface area (Å²) in [5.74, 6) is 1.49. The fourth-order valence-electron chi connectivity index (χ4n) is 4.30. The number of aryl methyl sites for hydroxylation is 1. The van der Waals surface area contributed by atoms with Crippen LogP contribution in [-0.4, -0.2) is 57.4 Å². The number of piperidine rings is 1. The standard InChI is InChI=1S/C26H34Cl2N2O4.ClH/c1-18-12-23(27)25(24(28)13-18)34-11-10-33-22-7-5-19(6-8-22)14-21(15-29)26(31)30-9-3-4-20(16-30)17-32-2;/h5-8,12-13,20-21H,3-4,9-11,14-17,29H2,1-2H3;1H. The van der Waals surface area contributed by atoms with Crippen molar-refractivity contribution in [2.24, 2.45) is 17.6 Å². The summed E-state index contributed by atoms with van der Waals surface area (Å²) in [5.41, 5.74) is 8.01. The number of ether oxygens (including phenoxy) is 3. The largest absolute Gasteiger partial charge is 0.490 e. The molecule has 0 spiro atoms. The number of carbonyl (C=O) groups is 1. The number of halogens is 3. The average Bonchev–Trinajstić information content (AvgIpc) is 2.82. The molecule has 1 heterocycles. The molecule has 2 atom stereocenters. The second kappa shape index (κ2) is 14.8. The summed E-state index contributed by atoms with van der Waals surface area (Å²) in [6.45, 7) is 5.14. The number of methoxy groups -OCH3 is 1. The fraction of sp³-hybridized carbons (Fsp3) is 0.500. The zero-order valence-corrected chi connectivity index (χ0v) is 22.6. The molecule has 0 saturated carbocycles. The minimum Gasteiger partial charge on any atom is -0.490 e. The second-order valence-electron chi connectivity index (χ2n) is 8.78. The molecule has 0 aliphatic carbocycles. The smallest absolute Gasteiger partial charge is 0.227 e. The highest BCUT2D eigenvalue weighted by molar-refractivity contribution is 6.37. The Kier molecular flexibility index (Phi) is 12.5. The van der Waals surface area contributed by atoms with Crippen LogP contribution in [0.5, 0.6) is 11.5 Å². The number of benzene rings is 2. The van der Waals surface area contributed by atoms with Gasteiger partial charge in [-0.05, 0) is 67.5 Å². The van der Waals surface area contributed by atoms with Crippen LogP contribution in [-0.2, 0) is 16.0 Å². The Bertz CT molecular complexity index is 918. The fourth-order valence-corrected chi connectivity index (χ4v) is 5.01. The van der Waals surface area contributed by atoms with Crippen molar-refractivity contribution >= 4 is 41.5 Å². The maximum Gasteiger partial charge on any atom is 0.227 e. The average molecular weight is 546 g/mol. The molecule has 35 heavy (non-hydrogen) atoms. The molecule has 0 bridgehead atoms. The molecule has 3 rings (SSSR count). The summed E-state index contributed by atoms with van der Waals surface area (Å²) < 4.78 is 16.7. The van der Waals surface area contributed by atoms with Gasteiger partial charge < -0.3 is 24.8 Å². The van der Waals surface area contributed by atoms with Gasteiger partial charge in [0.2, 0.25) is 5.91 Å². The second-order valence-corrected chi connectivity index (χ2v) is 9.60. The highest BCUT2D eigenvalue weighted by atomic mass is 35.5. The van der Waals surface area contributed by atoms with Crippen LogP contribution in [0.3, 0.4) is 0 Å². The van der Waals surface area contributed by atoms with E-state index in [2.05, 4.69) is 0 Å². The quantitative estimate of drug-likeness (QED) is 0.394. The lowest BCUT2D eigenvalue weighted by atomic mass is 9.94. The third kappa shape index (κ3) is 8.72. The maximum atomic E-state index is 13.1. The Balaban J connectivity index is 0.00000432. The number of carbonyl (C=O) groups excluding carboxylic acids is 1. The van der Waals surface area contributed by atoms with Crippen LogP contribution in [0.15, 0.2) is 36.4 Å². The third-order valence-corrected chi connectivity index (χ3v) is 6.57. The van der Waals surface area contributed by atoms with Crippen molar-refractivity contribution in [2.45, 2.75) is 26.2 Å². The van der Waals surface area contributed by atoms with Crippen LogP contribution in [0, 0.1) is 18.8 Å². The Morgan fingerprint density at radius 3 is 2.43 bits per heavy atom. The minimum absolute atomic E-state index is 0. The van der Waals surface area contributed by atoms with E-state index in [1.165, 1.54) is 0 Å². The number of hydrogen-bond donors (Lipinski definition) is 1. The predicted molar refractivity (Wildman–Crippen MR) is 143 cm³/mol. The van der Waals surface area contributed by atoms with Gasteiger partial charge >= 0.3 is 0 Å². The molecular formula is C26H35Cl3N2O4. The van der Waals surface area contributed by atoms with Gasteiger partial charge in [0.1, 0.15) is 19.0 Å². The number of hydrogen-bond acceptors (Lipinski definition) is 5. The van der Waals surface area contributed by atoms with Crippen molar-refractivity contribution in [1.82, 2.24) is 4.90 Å². The van der Waals surface area contributed by atoms with Gasteiger partial charge in [-0.25, -0.2) is 0 Å². The van der Waals surface area contributed by atoms with Gasteiger partial charge in [0.15, 0.2) is 5.75 Å². The van der Waals surface area contributed by atoms with Crippen LogP contribution in [0.4, 0.5) is 0 Å². The van der Waals surface area contributed by atoms with Crippen molar-refractivity contribution in [3.8, 4) is 11.5 Å². The lowest BCUT2D eigenvalue weighted by molar-refractivity contribution is -0.137. The number of amides is 1. The molecule has 0 radical (unpaired) electrons. The van der Waals surface area contributed by atoms with Gasteiger partial charge in [-0.3, -0.25) is 4.79 Å². The first-order valence-electron chi connectivity index (χ1n) is 11.7. The molecule has 1 fully saturated rings. The number of rotatable bonds is 11. The molecule has 0 aromatic heterocycles. The summed E-state index contributed by atoms with van der Waals surface area (Å²) in [7, 11) is 1.71.